The number of benzene rings is 1. The lowest BCUT2D eigenvalue weighted by molar-refractivity contribution is -0.151. The van der Waals surface area contributed by atoms with E-state index >= 15 is 0 Å². The fourth-order valence-corrected chi connectivity index (χ4v) is 5.58. The number of methoxy groups -OCH3 is 2. The molecule has 2 aromatic rings. The normalized spacial score (nSPS) is 15.5. The number of aliphatic hydroxyl groups is 1. The van der Waals surface area contributed by atoms with E-state index in [-0.39, 0.29) is 65.7 Å². The third-order valence-corrected chi connectivity index (χ3v) is 8.32. The summed E-state index contributed by atoms with van der Waals surface area (Å²) in [6.07, 6.45) is 1.88. The molecule has 2 aliphatic carbocycles. The number of ketones is 2. The zero-order valence-electron chi connectivity index (χ0n) is 27.3. The molecule has 19 heteroatoms. The molecule has 0 radical (unpaired) electrons. The minimum atomic E-state index is -4.54. The molecule has 264 valence electrons. The summed E-state index contributed by atoms with van der Waals surface area (Å²) < 4.78 is 42.2. The van der Waals surface area contributed by atoms with E-state index < -0.39 is 50.3 Å². The number of urea groups is 1. The summed E-state index contributed by atoms with van der Waals surface area (Å²) in [5.41, 5.74) is -0.189. The number of amides is 4. The summed E-state index contributed by atoms with van der Waals surface area (Å²) >= 11 is 0. The number of hydrogen-bond donors (Lipinski definition) is 4. The van der Waals surface area contributed by atoms with E-state index in [9.17, 15) is 42.3 Å². The average molecular weight is 705 g/mol. The Morgan fingerprint density at radius 1 is 1.00 bits per heavy atom. The zero-order chi connectivity index (χ0) is 36.5. The van der Waals surface area contributed by atoms with Gasteiger partial charge in [0.1, 0.15) is 10.7 Å². The highest BCUT2D eigenvalue weighted by molar-refractivity contribution is 7.90. The first-order chi connectivity index (χ1) is 23.1. The first kappa shape index (κ1) is 37.9. The van der Waals surface area contributed by atoms with Crippen molar-refractivity contribution < 1.29 is 56.5 Å². The molecule has 1 aromatic heterocycles. The van der Waals surface area contributed by atoms with Crippen molar-refractivity contribution in [2.45, 2.75) is 37.5 Å². The molecule has 2 saturated carbocycles. The lowest BCUT2D eigenvalue weighted by Crippen LogP contribution is -2.36. The Balaban J connectivity index is 0.000000305. The Morgan fingerprint density at radius 2 is 1.59 bits per heavy atom. The van der Waals surface area contributed by atoms with Gasteiger partial charge in [-0.2, -0.15) is 9.97 Å². The number of nitrogens with zero attached hydrogens (tertiary/aromatic N) is 3. The number of anilines is 2. The molecule has 1 aromatic carbocycles. The highest BCUT2D eigenvalue weighted by atomic mass is 32.2. The van der Waals surface area contributed by atoms with Gasteiger partial charge in [0.25, 0.3) is 15.9 Å². The van der Waals surface area contributed by atoms with Crippen LogP contribution in [0.3, 0.4) is 0 Å². The second-order valence-electron chi connectivity index (χ2n) is 10.7. The molecule has 0 atom stereocenters. The van der Waals surface area contributed by atoms with Crippen LogP contribution < -0.4 is 24.8 Å². The van der Waals surface area contributed by atoms with Gasteiger partial charge < -0.3 is 29.5 Å². The van der Waals surface area contributed by atoms with Gasteiger partial charge in [-0.05, 0) is 38.0 Å². The molecule has 0 spiro atoms. The number of nitrogens with one attached hydrogen (secondary N) is 3. The number of aliphatic hydroxyl groups excluding tert-OH is 1. The van der Waals surface area contributed by atoms with E-state index in [0.717, 1.165) is 23.8 Å². The van der Waals surface area contributed by atoms with Gasteiger partial charge in [-0.1, -0.05) is 0 Å². The first-order valence-corrected chi connectivity index (χ1v) is 16.2. The topological polar surface area (TPSA) is 250 Å². The molecule has 18 nitrogen and oxygen atoms in total. The summed E-state index contributed by atoms with van der Waals surface area (Å²) in [6.45, 7) is 1.91. The van der Waals surface area contributed by atoms with Crippen LogP contribution in [0.4, 0.5) is 16.4 Å². The van der Waals surface area contributed by atoms with Gasteiger partial charge in [-0.3, -0.25) is 29.3 Å². The Kier molecular flexibility index (Phi) is 12.7. The number of esters is 1. The SMILES string of the molecule is CCOC(=O)C1CC(=O)C(=C(O)C2CC2)C(=O)C1.COc1cc(OC)nc(NC(=O)NS(=O)(=O)c2cc(NC=O)ccc2C(=O)N(C)C)n1. The minimum absolute atomic E-state index is 0.0351. The summed E-state index contributed by atoms with van der Waals surface area (Å²) in [5, 5.41) is 14.2. The summed E-state index contributed by atoms with van der Waals surface area (Å²) in [5.74, 6) is -2.97. The van der Waals surface area contributed by atoms with Gasteiger partial charge in [0, 0.05) is 38.5 Å². The number of Topliss-reactive ketones (excluding diaryl/α,β-unsaturated/α-hetero) is 2. The van der Waals surface area contributed by atoms with Crippen molar-refractivity contribution in [3.05, 3.63) is 41.2 Å². The van der Waals surface area contributed by atoms with Gasteiger partial charge >= 0.3 is 12.0 Å². The average Bonchev–Trinajstić information content (AvgIpc) is 3.90. The maximum absolute atomic E-state index is 12.8. The number of hydrogen-bond acceptors (Lipinski definition) is 14. The smallest absolute Gasteiger partial charge is 0.335 e. The lowest BCUT2D eigenvalue weighted by Gasteiger charge is -2.21. The highest BCUT2D eigenvalue weighted by Gasteiger charge is 2.40. The van der Waals surface area contributed by atoms with Crippen molar-refractivity contribution in [2.24, 2.45) is 11.8 Å². The maximum atomic E-state index is 12.8. The van der Waals surface area contributed by atoms with Crippen LogP contribution in [0.2, 0.25) is 0 Å². The van der Waals surface area contributed by atoms with Crippen molar-refractivity contribution in [1.82, 2.24) is 19.6 Å². The van der Waals surface area contributed by atoms with Crippen molar-refractivity contribution in [2.75, 3.05) is 45.6 Å². The molecule has 4 amide bonds. The van der Waals surface area contributed by atoms with Gasteiger partial charge in [-0.25, -0.2) is 17.9 Å². The third kappa shape index (κ3) is 9.95. The highest BCUT2D eigenvalue weighted by Crippen LogP contribution is 2.39. The predicted octanol–water partition coefficient (Wildman–Crippen LogP) is 1.59. The standard InChI is InChI=1S/C17H20N6O7S.C13H16O5/c1-23(2)15(25)11-6-5-10(18-9-24)7-12(11)31(27,28)22-17(26)21-16-19-13(29-3)8-14(20-16)30-4;1-2-18-13(17)8-5-9(14)11(10(15)6-8)12(16)7-3-4-7/h5-9H,1-4H3,(H,18,24)(H2,19,20,21,22,26);7-8,16H,2-6H2,1H3. The van der Waals surface area contributed by atoms with Gasteiger partial charge in [0.15, 0.2) is 11.6 Å². The van der Waals surface area contributed by atoms with Crippen LogP contribution in [-0.2, 0) is 33.9 Å². The van der Waals surface area contributed by atoms with E-state index in [1.54, 1.807) is 11.6 Å². The van der Waals surface area contributed by atoms with Crippen LogP contribution in [0, 0.1) is 11.8 Å². The van der Waals surface area contributed by atoms with E-state index in [1.807, 2.05) is 0 Å². The van der Waals surface area contributed by atoms with Crippen LogP contribution in [0.25, 0.3) is 0 Å². The molecule has 0 unspecified atom stereocenters. The molecule has 2 fully saturated rings. The number of carbonyl (C=O) groups excluding carboxylic acids is 6. The number of carbonyl (C=O) groups is 6. The minimum Gasteiger partial charge on any atom is -0.511 e. The van der Waals surface area contributed by atoms with Crippen LogP contribution in [0.1, 0.15) is 43.0 Å². The zero-order valence-corrected chi connectivity index (χ0v) is 28.1. The van der Waals surface area contributed by atoms with Crippen LogP contribution in [-0.4, -0.2) is 99.2 Å². The Labute approximate surface area is 281 Å². The van der Waals surface area contributed by atoms with Crippen molar-refractivity contribution in [3.63, 3.8) is 0 Å². The number of aromatic nitrogens is 2. The van der Waals surface area contributed by atoms with Gasteiger partial charge in [0.2, 0.25) is 24.1 Å². The Bertz CT molecular complexity index is 1730. The Morgan fingerprint density at radius 3 is 2.08 bits per heavy atom. The van der Waals surface area contributed by atoms with Gasteiger partial charge in [-0.15, -0.1) is 0 Å². The molecule has 2 aliphatic rings. The molecule has 0 aliphatic heterocycles. The van der Waals surface area contributed by atoms with E-state index in [0.29, 0.717) is 6.41 Å². The fourth-order valence-electron chi connectivity index (χ4n) is 4.45. The predicted molar refractivity (Wildman–Crippen MR) is 170 cm³/mol. The summed E-state index contributed by atoms with van der Waals surface area (Å²) in [7, 11) is 0.991. The number of ether oxygens (including phenoxy) is 3. The quantitative estimate of drug-likeness (QED) is 0.0853. The van der Waals surface area contributed by atoms with E-state index in [2.05, 4.69) is 20.6 Å². The second-order valence-corrected chi connectivity index (χ2v) is 12.4. The molecule has 4 rings (SSSR count). The van der Waals surface area contributed by atoms with Crippen molar-refractivity contribution in [3.8, 4) is 11.8 Å². The van der Waals surface area contributed by atoms with Crippen LogP contribution in [0.15, 0.2) is 40.5 Å². The van der Waals surface area contributed by atoms with Gasteiger partial charge in [0.05, 0.1) is 43.9 Å². The third-order valence-electron chi connectivity index (χ3n) is 6.94. The molecule has 4 N–H and O–H groups in total. The number of allylic oxidation sites excluding steroid dienone is 2. The molecular formula is C30H36N6O12S. The fraction of sp³-hybridized carbons (Fsp3) is 0.400. The van der Waals surface area contributed by atoms with Crippen molar-refractivity contribution >= 4 is 57.5 Å². The molecule has 0 bridgehead atoms. The Hall–Kier alpha value is -5.59. The number of sulfonamides is 1. The molecule has 1 heterocycles. The van der Waals surface area contributed by atoms with E-state index in [4.69, 9.17) is 14.2 Å². The molecule has 49 heavy (non-hydrogen) atoms. The van der Waals surface area contributed by atoms with Crippen molar-refractivity contribution in [1.29, 1.82) is 0 Å². The first-order valence-electron chi connectivity index (χ1n) is 14.7. The van der Waals surface area contributed by atoms with Crippen LogP contribution >= 0.6 is 0 Å². The molecule has 0 saturated heterocycles. The summed E-state index contributed by atoms with van der Waals surface area (Å²) in [6, 6.07) is 3.76. The summed E-state index contributed by atoms with van der Waals surface area (Å²) in [4.78, 5) is 79.0. The molecular weight excluding hydrogens is 668 g/mol. The monoisotopic (exact) mass is 704 g/mol. The lowest BCUT2D eigenvalue weighted by atomic mass is 9.82. The van der Waals surface area contributed by atoms with Crippen LogP contribution in [0.5, 0.6) is 11.8 Å². The maximum Gasteiger partial charge on any atom is 0.335 e. The second kappa shape index (κ2) is 16.5. The number of rotatable bonds is 11. The van der Waals surface area contributed by atoms with E-state index in [1.165, 1.54) is 46.5 Å². The largest absolute Gasteiger partial charge is 0.511 e.